The van der Waals surface area contributed by atoms with Gasteiger partial charge < -0.3 is 20.1 Å². The summed E-state index contributed by atoms with van der Waals surface area (Å²) in [5, 5.41) is 10.3. The summed E-state index contributed by atoms with van der Waals surface area (Å²) >= 11 is 5.87. The average Bonchev–Trinajstić information content (AvgIpc) is 2.81. The van der Waals surface area contributed by atoms with Crippen molar-refractivity contribution in [2.24, 2.45) is 0 Å². The number of aryl methyl sites for hydroxylation is 1. The van der Waals surface area contributed by atoms with Crippen molar-refractivity contribution in [3.8, 4) is 0 Å². The van der Waals surface area contributed by atoms with Crippen molar-refractivity contribution in [1.29, 1.82) is 0 Å². The molecule has 0 spiro atoms. The molecule has 0 aliphatic carbocycles. The van der Waals surface area contributed by atoms with E-state index in [1.807, 2.05) is 6.92 Å². The molecule has 1 amide bonds. The van der Waals surface area contributed by atoms with Gasteiger partial charge in [0.25, 0.3) is 0 Å². The number of carbonyl (C=O) groups is 1. The van der Waals surface area contributed by atoms with Gasteiger partial charge in [0.15, 0.2) is 0 Å². The minimum absolute atomic E-state index is 0. The molecule has 0 atom stereocenters. The van der Waals surface area contributed by atoms with E-state index in [9.17, 15) is 4.79 Å². The van der Waals surface area contributed by atoms with Gasteiger partial charge in [-0.1, -0.05) is 5.16 Å². The molecule has 0 bridgehead atoms. The summed E-state index contributed by atoms with van der Waals surface area (Å²) in [6.45, 7) is 7.91. The number of nitrogens with zero attached hydrogens (tertiary/aromatic N) is 2. The fraction of sp³-hybridized carbons (Fsp3) is 0.714. The van der Waals surface area contributed by atoms with Gasteiger partial charge in [-0.2, -0.15) is 0 Å². The van der Waals surface area contributed by atoms with Gasteiger partial charge in [0, 0.05) is 44.7 Å². The normalized spacial score (nSPS) is 15.4. The third-order valence-corrected chi connectivity index (χ3v) is 4.02. The number of hydrogen-bond acceptors (Lipinski definition) is 5. The Morgan fingerprint density at radius 1 is 1.45 bits per heavy atom. The molecule has 2 heterocycles. The van der Waals surface area contributed by atoms with Gasteiger partial charge in [-0.15, -0.1) is 12.4 Å². The highest BCUT2D eigenvalue weighted by molar-refractivity contribution is 6.29. The first-order chi connectivity index (χ1) is 10.2. The van der Waals surface area contributed by atoms with Crippen LogP contribution >= 0.6 is 24.0 Å². The summed E-state index contributed by atoms with van der Waals surface area (Å²) in [7, 11) is 0. The Morgan fingerprint density at radius 2 is 2.18 bits per heavy atom. The van der Waals surface area contributed by atoms with E-state index in [1.165, 1.54) is 0 Å². The molecule has 0 aromatic carbocycles. The van der Waals surface area contributed by atoms with Crippen LogP contribution in [0.15, 0.2) is 4.52 Å². The molecule has 126 valence electrons. The minimum Gasteiger partial charge on any atom is -0.356 e. The first-order valence-electron chi connectivity index (χ1n) is 7.47. The lowest BCUT2D eigenvalue weighted by Gasteiger charge is -2.27. The van der Waals surface area contributed by atoms with E-state index in [4.69, 9.17) is 16.1 Å². The standard InChI is InChI=1S/C14H23ClN4O2.ClH/c1-11-12(14(15)21-18-11)3-4-13(20)17-5-2-8-19-9-6-16-7-10-19;/h16H,2-10H2,1H3,(H,17,20);1H. The van der Waals surface area contributed by atoms with Crippen molar-refractivity contribution in [2.75, 3.05) is 39.3 Å². The number of aromatic nitrogens is 1. The quantitative estimate of drug-likeness (QED) is 0.727. The largest absolute Gasteiger partial charge is 0.356 e. The maximum atomic E-state index is 11.8. The molecule has 0 saturated carbocycles. The van der Waals surface area contributed by atoms with Crippen molar-refractivity contribution < 1.29 is 9.32 Å². The highest BCUT2D eigenvalue weighted by atomic mass is 35.5. The van der Waals surface area contributed by atoms with Crippen molar-refractivity contribution >= 4 is 29.9 Å². The van der Waals surface area contributed by atoms with E-state index in [1.54, 1.807) is 0 Å². The SMILES string of the molecule is Cc1noc(Cl)c1CCC(=O)NCCCN1CCNCC1.Cl. The maximum absolute atomic E-state index is 11.8. The van der Waals surface area contributed by atoms with Gasteiger partial charge >= 0.3 is 0 Å². The second kappa shape index (κ2) is 10.0. The monoisotopic (exact) mass is 350 g/mol. The van der Waals surface area contributed by atoms with E-state index < -0.39 is 0 Å². The van der Waals surface area contributed by atoms with Gasteiger partial charge in [0.2, 0.25) is 11.1 Å². The third kappa shape index (κ3) is 6.12. The van der Waals surface area contributed by atoms with Gasteiger partial charge in [-0.25, -0.2) is 0 Å². The Morgan fingerprint density at radius 3 is 2.82 bits per heavy atom. The number of nitrogens with one attached hydrogen (secondary N) is 2. The van der Waals surface area contributed by atoms with E-state index in [2.05, 4.69) is 20.7 Å². The molecule has 0 unspecified atom stereocenters. The van der Waals surface area contributed by atoms with Crippen molar-refractivity contribution in [2.45, 2.75) is 26.2 Å². The highest BCUT2D eigenvalue weighted by Crippen LogP contribution is 2.20. The number of hydrogen-bond donors (Lipinski definition) is 2. The topological polar surface area (TPSA) is 70.4 Å². The Balaban J connectivity index is 0.00000242. The molecule has 0 radical (unpaired) electrons. The molecule has 1 fully saturated rings. The summed E-state index contributed by atoms with van der Waals surface area (Å²) in [5.74, 6) is 0.0481. The summed E-state index contributed by atoms with van der Waals surface area (Å²) in [5.41, 5.74) is 1.58. The highest BCUT2D eigenvalue weighted by Gasteiger charge is 2.13. The molecular weight excluding hydrogens is 327 g/mol. The fourth-order valence-corrected chi connectivity index (χ4v) is 2.70. The molecule has 2 N–H and O–H groups in total. The van der Waals surface area contributed by atoms with E-state index in [-0.39, 0.29) is 18.3 Å². The molecular formula is C14H24Cl2N4O2. The Bertz CT molecular complexity index is 442. The predicted octanol–water partition coefficient (Wildman–Crippen LogP) is 1.40. The zero-order chi connectivity index (χ0) is 15.1. The summed E-state index contributed by atoms with van der Waals surface area (Å²) in [4.78, 5) is 14.2. The van der Waals surface area contributed by atoms with E-state index >= 15 is 0 Å². The lowest BCUT2D eigenvalue weighted by Crippen LogP contribution is -2.44. The smallest absolute Gasteiger partial charge is 0.229 e. The van der Waals surface area contributed by atoms with Crippen molar-refractivity contribution in [3.05, 3.63) is 16.5 Å². The van der Waals surface area contributed by atoms with E-state index in [0.29, 0.717) is 18.1 Å². The van der Waals surface area contributed by atoms with Crippen molar-refractivity contribution in [3.63, 3.8) is 0 Å². The third-order valence-electron chi connectivity index (χ3n) is 3.72. The number of halogens is 2. The van der Waals surface area contributed by atoms with Crippen LogP contribution in [0.25, 0.3) is 0 Å². The lowest BCUT2D eigenvalue weighted by molar-refractivity contribution is -0.121. The Hall–Kier alpha value is -0.820. The van der Waals surface area contributed by atoms with Crippen LogP contribution in [-0.4, -0.2) is 55.2 Å². The zero-order valence-electron chi connectivity index (χ0n) is 12.9. The Labute approximate surface area is 142 Å². The van der Waals surface area contributed by atoms with E-state index in [0.717, 1.165) is 56.9 Å². The van der Waals surface area contributed by atoms with Gasteiger partial charge in [-0.05, 0) is 37.9 Å². The number of carbonyl (C=O) groups excluding carboxylic acids is 1. The zero-order valence-corrected chi connectivity index (χ0v) is 14.4. The number of amides is 1. The first kappa shape index (κ1) is 19.2. The molecule has 1 aliphatic heterocycles. The number of piperazine rings is 1. The lowest BCUT2D eigenvalue weighted by atomic mass is 10.1. The molecule has 1 saturated heterocycles. The molecule has 1 aliphatic rings. The van der Waals surface area contributed by atoms with Crippen LogP contribution in [0.2, 0.25) is 5.22 Å². The van der Waals surface area contributed by atoms with Crippen LogP contribution in [0.5, 0.6) is 0 Å². The summed E-state index contributed by atoms with van der Waals surface area (Å²) in [6.07, 6.45) is 1.96. The number of rotatable bonds is 7. The second-order valence-corrected chi connectivity index (χ2v) is 5.66. The van der Waals surface area contributed by atoms with Crippen LogP contribution in [0.4, 0.5) is 0 Å². The van der Waals surface area contributed by atoms with Gasteiger partial charge in [0.05, 0.1) is 5.69 Å². The average molecular weight is 351 g/mol. The molecule has 1 aromatic rings. The molecule has 6 nitrogen and oxygen atoms in total. The predicted molar refractivity (Wildman–Crippen MR) is 88.8 cm³/mol. The van der Waals surface area contributed by atoms with Crippen LogP contribution in [0.1, 0.15) is 24.1 Å². The molecule has 1 aromatic heterocycles. The minimum atomic E-state index is 0. The van der Waals surface area contributed by atoms with Crippen LogP contribution in [0, 0.1) is 6.92 Å². The molecule has 8 heteroatoms. The second-order valence-electron chi connectivity index (χ2n) is 5.32. The van der Waals surface area contributed by atoms with Crippen LogP contribution in [-0.2, 0) is 11.2 Å². The fourth-order valence-electron chi connectivity index (χ4n) is 2.43. The summed E-state index contributed by atoms with van der Waals surface area (Å²) in [6, 6.07) is 0. The van der Waals surface area contributed by atoms with Crippen molar-refractivity contribution in [1.82, 2.24) is 20.7 Å². The van der Waals surface area contributed by atoms with Crippen LogP contribution < -0.4 is 10.6 Å². The van der Waals surface area contributed by atoms with Gasteiger partial charge in [0.1, 0.15) is 0 Å². The van der Waals surface area contributed by atoms with Gasteiger partial charge in [-0.3, -0.25) is 4.79 Å². The molecule has 22 heavy (non-hydrogen) atoms. The first-order valence-corrected chi connectivity index (χ1v) is 7.85. The molecule has 2 rings (SSSR count). The summed E-state index contributed by atoms with van der Waals surface area (Å²) < 4.78 is 4.87. The van der Waals surface area contributed by atoms with Crippen LogP contribution in [0.3, 0.4) is 0 Å². The Kier molecular flexibility index (Phi) is 8.78. The maximum Gasteiger partial charge on any atom is 0.229 e.